The zero-order valence-corrected chi connectivity index (χ0v) is 23.5. The highest BCUT2D eigenvalue weighted by atomic mass is 16.5. The molecule has 208 valence electrons. The third-order valence-corrected chi connectivity index (χ3v) is 7.17. The van der Waals surface area contributed by atoms with Crippen molar-refractivity contribution >= 4 is 23.8 Å². The van der Waals surface area contributed by atoms with E-state index in [0.29, 0.717) is 24.5 Å². The summed E-state index contributed by atoms with van der Waals surface area (Å²) in [5.41, 5.74) is 1.66. The summed E-state index contributed by atoms with van der Waals surface area (Å²) in [5, 5.41) is 5.80. The summed E-state index contributed by atoms with van der Waals surface area (Å²) in [5.74, 6) is 0.212. The van der Waals surface area contributed by atoms with Gasteiger partial charge in [0.2, 0.25) is 17.7 Å². The average Bonchev–Trinajstić information content (AvgIpc) is 3.16. The van der Waals surface area contributed by atoms with Gasteiger partial charge in [0.05, 0.1) is 12.7 Å². The fourth-order valence-electron chi connectivity index (χ4n) is 5.23. The molecule has 2 bridgehead atoms. The molecule has 0 saturated carbocycles. The van der Waals surface area contributed by atoms with E-state index in [-0.39, 0.29) is 30.4 Å². The molecule has 0 radical (unpaired) electrons. The molecule has 2 aromatic carbocycles. The van der Waals surface area contributed by atoms with Gasteiger partial charge in [-0.15, -0.1) is 0 Å². The summed E-state index contributed by atoms with van der Waals surface area (Å²) in [7, 11) is 1.91. The maximum Gasteiger partial charge on any atom is 0.247 e. The van der Waals surface area contributed by atoms with Gasteiger partial charge < -0.3 is 20.3 Å². The largest absolute Gasteiger partial charge is 0.483 e. The standard InChI is InChI=1S/C31H40N4O4/c1-20(2)17-25-29(36)32-16-15-22-11-13-24(14-12-22)39-28(23-9-7-6-8-10-23)27(30(37)33-25)35-19-34(5)26(31(35)38)18-21(3)4/h6-16,20-21,25-28H,17-19H2,1-5H3,(H,32,36)(H,33,37). The van der Waals surface area contributed by atoms with Crippen molar-refractivity contribution in [1.82, 2.24) is 20.4 Å². The maximum atomic E-state index is 14.2. The van der Waals surface area contributed by atoms with Gasteiger partial charge in [-0.25, -0.2) is 0 Å². The molecule has 3 heterocycles. The van der Waals surface area contributed by atoms with Crippen molar-refractivity contribution in [3.8, 4) is 5.75 Å². The minimum atomic E-state index is -1.000. The molecule has 3 aliphatic heterocycles. The van der Waals surface area contributed by atoms with Crippen molar-refractivity contribution < 1.29 is 19.1 Å². The van der Waals surface area contributed by atoms with E-state index in [9.17, 15) is 14.4 Å². The third kappa shape index (κ3) is 6.87. The molecule has 0 aliphatic carbocycles. The number of fused-ring (bicyclic) bond motifs is 10. The number of hydrogen-bond donors (Lipinski definition) is 2. The first-order valence-electron chi connectivity index (χ1n) is 13.7. The lowest BCUT2D eigenvalue weighted by molar-refractivity contribution is -0.143. The van der Waals surface area contributed by atoms with E-state index in [1.807, 2.05) is 80.4 Å². The molecule has 39 heavy (non-hydrogen) atoms. The molecule has 1 saturated heterocycles. The Kier molecular flexibility index (Phi) is 9.07. The van der Waals surface area contributed by atoms with Gasteiger partial charge in [0.15, 0.2) is 12.1 Å². The number of rotatable bonds is 6. The Morgan fingerprint density at radius 2 is 1.56 bits per heavy atom. The van der Waals surface area contributed by atoms with Crippen LogP contribution in [-0.2, 0) is 14.4 Å². The molecule has 8 heteroatoms. The van der Waals surface area contributed by atoms with E-state index in [1.165, 1.54) is 0 Å². The average molecular weight is 533 g/mol. The molecule has 8 nitrogen and oxygen atoms in total. The number of benzene rings is 2. The normalized spacial score (nSPS) is 24.6. The number of hydrogen-bond acceptors (Lipinski definition) is 5. The first-order valence-corrected chi connectivity index (χ1v) is 13.7. The number of likely N-dealkylation sites (N-methyl/N-ethyl adjacent to an activating group) is 1. The lowest BCUT2D eigenvalue weighted by atomic mass is 9.97. The molecular formula is C31H40N4O4. The summed E-state index contributed by atoms with van der Waals surface area (Å²) in [4.78, 5) is 44.9. The number of ether oxygens (including phenoxy) is 1. The Hall–Kier alpha value is -3.65. The number of carbonyl (C=O) groups is 3. The molecule has 1 fully saturated rings. The highest BCUT2D eigenvalue weighted by Gasteiger charge is 2.47. The Bertz CT molecular complexity index is 1180. The highest BCUT2D eigenvalue weighted by molar-refractivity contribution is 5.94. The quantitative estimate of drug-likeness (QED) is 0.588. The zero-order valence-electron chi connectivity index (χ0n) is 23.5. The van der Waals surface area contributed by atoms with Crippen LogP contribution in [0.5, 0.6) is 5.75 Å². The molecule has 5 rings (SSSR count). The minimum Gasteiger partial charge on any atom is -0.483 e. The number of carbonyl (C=O) groups excluding carboxylic acids is 3. The lowest BCUT2D eigenvalue weighted by Crippen LogP contribution is -2.57. The van der Waals surface area contributed by atoms with E-state index < -0.39 is 24.1 Å². The van der Waals surface area contributed by atoms with Gasteiger partial charge in [0.25, 0.3) is 0 Å². The molecule has 4 unspecified atom stereocenters. The molecule has 2 aromatic rings. The summed E-state index contributed by atoms with van der Waals surface area (Å²) in [6.07, 6.45) is 3.72. The second-order valence-corrected chi connectivity index (χ2v) is 11.3. The van der Waals surface area contributed by atoms with Crippen LogP contribution in [-0.4, -0.2) is 59.4 Å². The highest BCUT2D eigenvalue weighted by Crippen LogP contribution is 2.32. The lowest BCUT2D eigenvalue weighted by Gasteiger charge is -2.35. The van der Waals surface area contributed by atoms with Crippen molar-refractivity contribution in [2.45, 2.75) is 64.8 Å². The fourth-order valence-corrected chi connectivity index (χ4v) is 5.23. The van der Waals surface area contributed by atoms with Crippen LogP contribution in [0.3, 0.4) is 0 Å². The predicted octanol–water partition coefficient (Wildman–Crippen LogP) is 3.95. The van der Waals surface area contributed by atoms with Gasteiger partial charge in [0, 0.05) is 6.20 Å². The SMILES string of the molecule is CC(C)CC1NC(=O)C(N2CN(C)C(CC(C)C)C2=O)C(c2ccccc2)Oc2ccc(cc2)C=CNC1=O. The number of nitrogens with one attached hydrogen (secondary N) is 2. The van der Waals surface area contributed by atoms with Crippen molar-refractivity contribution in [2.24, 2.45) is 11.8 Å². The van der Waals surface area contributed by atoms with E-state index in [0.717, 1.165) is 11.1 Å². The van der Waals surface area contributed by atoms with Crippen molar-refractivity contribution in [2.75, 3.05) is 13.7 Å². The topological polar surface area (TPSA) is 91.0 Å². The Morgan fingerprint density at radius 1 is 0.897 bits per heavy atom. The van der Waals surface area contributed by atoms with Crippen LogP contribution in [0.2, 0.25) is 0 Å². The summed E-state index contributed by atoms with van der Waals surface area (Å²) >= 11 is 0. The Balaban J connectivity index is 1.82. The molecular weight excluding hydrogens is 492 g/mol. The number of nitrogens with zero attached hydrogens (tertiary/aromatic N) is 2. The minimum absolute atomic E-state index is 0.111. The second-order valence-electron chi connectivity index (χ2n) is 11.3. The van der Waals surface area contributed by atoms with E-state index in [2.05, 4.69) is 24.5 Å². The van der Waals surface area contributed by atoms with Crippen LogP contribution < -0.4 is 15.4 Å². The first-order chi connectivity index (χ1) is 18.6. The van der Waals surface area contributed by atoms with Crippen LogP contribution in [0.15, 0.2) is 60.8 Å². The van der Waals surface area contributed by atoms with Crippen LogP contribution in [0.1, 0.15) is 57.8 Å². The predicted molar refractivity (Wildman–Crippen MR) is 151 cm³/mol. The smallest absolute Gasteiger partial charge is 0.247 e. The Morgan fingerprint density at radius 3 is 2.21 bits per heavy atom. The van der Waals surface area contributed by atoms with E-state index >= 15 is 0 Å². The maximum absolute atomic E-state index is 14.2. The number of amides is 3. The first kappa shape index (κ1) is 28.4. The third-order valence-electron chi connectivity index (χ3n) is 7.17. The van der Waals surface area contributed by atoms with Crippen LogP contribution in [0.25, 0.3) is 6.08 Å². The van der Waals surface area contributed by atoms with Gasteiger partial charge >= 0.3 is 0 Å². The van der Waals surface area contributed by atoms with Gasteiger partial charge in [-0.05, 0) is 61.1 Å². The monoisotopic (exact) mass is 532 g/mol. The van der Waals surface area contributed by atoms with Gasteiger partial charge in [-0.3, -0.25) is 19.3 Å². The molecule has 3 amide bonds. The molecule has 4 atom stereocenters. The second kappa shape index (κ2) is 12.5. The van der Waals surface area contributed by atoms with Crippen LogP contribution >= 0.6 is 0 Å². The fraction of sp³-hybridized carbons (Fsp3) is 0.452. The summed E-state index contributed by atoms with van der Waals surface area (Å²) < 4.78 is 6.54. The molecule has 3 aliphatic rings. The molecule has 2 N–H and O–H groups in total. The van der Waals surface area contributed by atoms with Crippen molar-refractivity contribution in [3.63, 3.8) is 0 Å². The molecule has 0 spiro atoms. The Labute approximate surface area is 231 Å². The van der Waals surface area contributed by atoms with E-state index in [4.69, 9.17) is 4.74 Å². The van der Waals surface area contributed by atoms with E-state index in [1.54, 1.807) is 17.2 Å². The van der Waals surface area contributed by atoms with Crippen molar-refractivity contribution in [3.05, 3.63) is 71.9 Å². The van der Waals surface area contributed by atoms with Crippen LogP contribution in [0, 0.1) is 11.8 Å². The van der Waals surface area contributed by atoms with Gasteiger partial charge in [-0.1, -0.05) is 70.2 Å². The summed E-state index contributed by atoms with van der Waals surface area (Å²) in [6, 6.07) is 14.8. The van der Waals surface area contributed by atoms with Crippen LogP contribution in [0.4, 0.5) is 0 Å². The zero-order chi connectivity index (χ0) is 28.1. The molecule has 0 aromatic heterocycles. The van der Waals surface area contributed by atoms with Gasteiger partial charge in [0.1, 0.15) is 11.8 Å². The van der Waals surface area contributed by atoms with Gasteiger partial charge in [-0.2, -0.15) is 0 Å². The summed E-state index contributed by atoms with van der Waals surface area (Å²) in [6.45, 7) is 8.46. The van der Waals surface area contributed by atoms with Crippen molar-refractivity contribution in [1.29, 1.82) is 0 Å².